The second kappa shape index (κ2) is 8.27. The Kier molecular flexibility index (Phi) is 5.83. The summed E-state index contributed by atoms with van der Waals surface area (Å²) in [6.07, 6.45) is 1.68. The molecule has 1 aromatic heterocycles. The van der Waals surface area contributed by atoms with Gasteiger partial charge in [-0.3, -0.25) is 9.78 Å². The molecule has 1 fully saturated rings. The van der Waals surface area contributed by atoms with Crippen LogP contribution in [0.15, 0.2) is 42.6 Å². The van der Waals surface area contributed by atoms with Crippen molar-refractivity contribution in [3.05, 3.63) is 59.4 Å². The van der Waals surface area contributed by atoms with Crippen LogP contribution in [0.5, 0.6) is 5.75 Å². The number of aromatic nitrogens is 1. The Morgan fingerprint density at radius 3 is 2.92 bits per heavy atom. The average Bonchev–Trinajstić information content (AvgIpc) is 3.18. The highest BCUT2D eigenvalue weighted by Crippen LogP contribution is 2.29. The largest absolute Gasteiger partial charge is 0.497 e. The molecule has 3 atom stereocenters. The first-order valence-corrected chi connectivity index (χ1v) is 8.78. The van der Waals surface area contributed by atoms with Crippen LogP contribution >= 0.6 is 0 Å². The molecule has 2 heterocycles. The van der Waals surface area contributed by atoms with Crippen molar-refractivity contribution in [3.8, 4) is 5.75 Å². The van der Waals surface area contributed by atoms with Crippen molar-refractivity contribution in [1.29, 1.82) is 0 Å². The molecular formula is C20H24FN3O2. The molecule has 0 unspecified atom stereocenters. The van der Waals surface area contributed by atoms with E-state index in [1.807, 2.05) is 37.3 Å². The Morgan fingerprint density at radius 1 is 1.38 bits per heavy atom. The molecule has 5 nitrogen and oxygen atoms in total. The average molecular weight is 357 g/mol. The van der Waals surface area contributed by atoms with Gasteiger partial charge < -0.3 is 15.4 Å². The number of alkyl halides is 1. The summed E-state index contributed by atoms with van der Waals surface area (Å²) in [5.41, 5.74) is 2.36. The predicted octanol–water partition coefficient (Wildman–Crippen LogP) is 2.74. The van der Waals surface area contributed by atoms with E-state index in [4.69, 9.17) is 4.74 Å². The number of carbonyl (C=O) groups is 1. The second-order valence-electron chi connectivity index (χ2n) is 6.59. The lowest BCUT2D eigenvalue weighted by molar-refractivity contribution is -0.125. The van der Waals surface area contributed by atoms with E-state index in [9.17, 15) is 9.18 Å². The van der Waals surface area contributed by atoms with Gasteiger partial charge in [-0.25, -0.2) is 4.39 Å². The summed E-state index contributed by atoms with van der Waals surface area (Å²) in [5, 5.41) is 6.38. The maximum Gasteiger partial charge on any atom is 0.225 e. The van der Waals surface area contributed by atoms with E-state index < -0.39 is 6.67 Å². The number of hydrogen-bond acceptors (Lipinski definition) is 4. The zero-order chi connectivity index (χ0) is 18.5. The van der Waals surface area contributed by atoms with Gasteiger partial charge in [-0.2, -0.15) is 0 Å². The van der Waals surface area contributed by atoms with E-state index in [0.29, 0.717) is 18.8 Å². The van der Waals surface area contributed by atoms with Gasteiger partial charge in [0.25, 0.3) is 0 Å². The molecule has 26 heavy (non-hydrogen) atoms. The molecule has 3 rings (SSSR count). The molecule has 6 heteroatoms. The van der Waals surface area contributed by atoms with Gasteiger partial charge in [0.1, 0.15) is 12.4 Å². The molecule has 0 bridgehead atoms. The Hall–Kier alpha value is -2.47. The fourth-order valence-electron chi connectivity index (χ4n) is 3.35. The van der Waals surface area contributed by atoms with E-state index in [0.717, 1.165) is 16.9 Å². The summed E-state index contributed by atoms with van der Waals surface area (Å²) in [7, 11) is 1.62. The predicted molar refractivity (Wildman–Crippen MR) is 97.7 cm³/mol. The molecule has 1 aliphatic heterocycles. The highest BCUT2D eigenvalue weighted by Gasteiger charge is 2.34. The van der Waals surface area contributed by atoms with E-state index in [-0.39, 0.29) is 23.8 Å². The highest BCUT2D eigenvalue weighted by atomic mass is 19.1. The number of rotatable bonds is 6. The van der Waals surface area contributed by atoms with Crippen LogP contribution in [0.2, 0.25) is 0 Å². The zero-order valence-corrected chi connectivity index (χ0v) is 15.0. The van der Waals surface area contributed by atoms with Crippen molar-refractivity contribution >= 4 is 5.91 Å². The molecule has 0 radical (unpaired) electrons. The normalized spacial score (nSPS) is 20.6. The van der Waals surface area contributed by atoms with Crippen molar-refractivity contribution in [2.24, 2.45) is 5.92 Å². The van der Waals surface area contributed by atoms with Crippen molar-refractivity contribution in [2.75, 3.05) is 20.2 Å². The summed E-state index contributed by atoms with van der Waals surface area (Å²) in [6, 6.07) is 11.1. The Balaban J connectivity index is 1.69. The van der Waals surface area contributed by atoms with Crippen molar-refractivity contribution in [3.63, 3.8) is 0 Å². The topological polar surface area (TPSA) is 63.2 Å². The zero-order valence-electron chi connectivity index (χ0n) is 15.0. The van der Waals surface area contributed by atoms with Gasteiger partial charge in [0, 0.05) is 25.2 Å². The van der Waals surface area contributed by atoms with E-state index in [1.165, 1.54) is 0 Å². The number of hydrogen-bond donors (Lipinski definition) is 2. The summed E-state index contributed by atoms with van der Waals surface area (Å²) in [4.78, 5) is 16.9. The first-order valence-electron chi connectivity index (χ1n) is 8.78. The van der Waals surface area contributed by atoms with Crippen LogP contribution in [0.4, 0.5) is 4.39 Å². The third-order valence-electron chi connectivity index (χ3n) is 4.92. The first kappa shape index (κ1) is 18.3. The van der Waals surface area contributed by atoms with Gasteiger partial charge in [-0.05, 0) is 36.2 Å². The Bertz CT molecular complexity index is 751. The number of nitrogens with one attached hydrogen (secondary N) is 2. The number of methoxy groups -OCH3 is 1. The monoisotopic (exact) mass is 357 g/mol. The lowest BCUT2D eigenvalue weighted by Crippen LogP contribution is -2.36. The van der Waals surface area contributed by atoms with Gasteiger partial charge in [-0.1, -0.05) is 18.2 Å². The standard InChI is InChI=1S/C20H24FN3O2/c1-13(14-4-3-5-17(8-14)26-2)24-20(25)19-12-22-11-18(19)15-6-7-16(9-21)23-10-15/h3-8,10,13,18-19,22H,9,11-12H2,1-2H3,(H,24,25)/t13-,18-,19+/m0/s1. The molecule has 1 saturated heterocycles. The van der Waals surface area contributed by atoms with Crippen molar-refractivity contribution < 1.29 is 13.9 Å². The van der Waals surface area contributed by atoms with Crippen LogP contribution in [0.25, 0.3) is 0 Å². The smallest absolute Gasteiger partial charge is 0.225 e. The Labute approximate surface area is 153 Å². The number of halogens is 1. The van der Waals surface area contributed by atoms with E-state index in [2.05, 4.69) is 15.6 Å². The molecule has 2 N–H and O–H groups in total. The lowest BCUT2D eigenvalue weighted by atomic mass is 9.89. The van der Waals surface area contributed by atoms with Crippen LogP contribution in [-0.4, -0.2) is 31.1 Å². The highest BCUT2D eigenvalue weighted by molar-refractivity contribution is 5.81. The minimum Gasteiger partial charge on any atom is -0.497 e. The first-order chi connectivity index (χ1) is 12.6. The van der Waals surface area contributed by atoms with Gasteiger partial charge in [0.15, 0.2) is 0 Å². The number of benzene rings is 1. The van der Waals surface area contributed by atoms with Crippen LogP contribution in [0, 0.1) is 5.92 Å². The Morgan fingerprint density at radius 2 is 2.23 bits per heavy atom. The van der Waals surface area contributed by atoms with Crippen LogP contribution in [0.1, 0.15) is 35.7 Å². The minimum atomic E-state index is -0.578. The lowest BCUT2D eigenvalue weighted by Gasteiger charge is -2.22. The van der Waals surface area contributed by atoms with Crippen LogP contribution in [-0.2, 0) is 11.5 Å². The summed E-state index contributed by atoms with van der Waals surface area (Å²) < 4.78 is 17.9. The second-order valence-corrected chi connectivity index (χ2v) is 6.59. The van der Waals surface area contributed by atoms with Gasteiger partial charge in [0.2, 0.25) is 5.91 Å². The fraction of sp³-hybridized carbons (Fsp3) is 0.400. The molecule has 0 saturated carbocycles. The molecule has 1 aromatic carbocycles. The maximum absolute atomic E-state index is 12.8. The maximum atomic E-state index is 12.8. The number of nitrogens with zero attached hydrogens (tertiary/aromatic N) is 1. The number of amides is 1. The minimum absolute atomic E-state index is 0.00453. The molecule has 1 amide bonds. The SMILES string of the molecule is COc1cccc([C@H](C)NC(=O)[C@@H]2CNC[C@H]2c2ccc(CF)nc2)c1. The summed E-state index contributed by atoms with van der Waals surface area (Å²) in [6.45, 7) is 2.71. The van der Waals surface area contributed by atoms with Crippen molar-refractivity contribution in [2.45, 2.75) is 25.6 Å². The molecule has 0 spiro atoms. The summed E-state index contributed by atoms with van der Waals surface area (Å²) in [5.74, 6) is 0.627. The van der Waals surface area contributed by atoms with Crippen LogP contribution in [0.3, 0.4) is 0 Å². The van der Waals surface area contributed by atoms with E-state index >= 15 is 0 Å². The van der Waals surface area contributed by atoms with Crippen molar-refractivity contribution in [1.82, 2.24) is 15.6 Å². The fourth-order valence-corrected chi connectivity index (χ4v) is 3.35. The molecule has 2 aromatic rings. The van der Waals surface area contributed by atoms with Gasteiger partial charge in [0.05, 0.1) is 24.8 Å². The van der Waals surface area contributed by atoms with Gasteiger partial charge >= 0.3 is 0 Å². The molecule has 0 aliphatic carbocycles. The number of ether oxygens (including phenoxy) is 1. The van der Waals surface area contributed by atoms with E-state index in [1.54, 1.807) is 19.4 Å². The third kappa shape index (κ3) is 4.02. The molecule has 138 valence electrons. The number of pyridine rings is 1. The molecule has 1 aliphatic rings. The van der Waals surface area contributed by atoms with Gasteiger partial charge in [-0.15, -0.1) is 0 Å². The molecular weight excluding hydrogens is 333 g/mol. The third-order valence-corrected chi connectivity index (χ3v) is 4.92. The summed E-state index contributed by atoms with van der Waals surface area (Å²) >= 11 is 0. The quantitative estimate of drug-likeness (QED) is 0.834. The van der Waals surface area contributed by atoms with Crippen LogP contribution < -0.4 is 15.4 Å². The number of carbonyl (C=O) groups excluding carboxylic acids is 1.